The largest absolute Gasteiger partial charge is 0.489 e. The number of unbranched alkanes of at least 4 members (excludes halogenated alkanes) is 1. The van der Waals surface area contributed by atoms with Gasteiger partial charge in [-0.25, -0.2) is 14.4 Å². The average molecular weight is 871 g/mol. The summed E-state index contributed by atoms with van der Waals surface area (Å²) < 4.78 is 59.2. The van der Waals surface area contributed by atoms with E-state index < -0.39 is 23.5 Å². The van der Waals surface area contributed by atoms with E-state index in [-0.39, 0.29) is 30.4 Å². The van der Waals surface area contributed by atoms with E-state index in [9.17, 15) is 32.3 Å². The number of aliphatic hydroxyl groups excluding tert-OH is 1. The van der Waals surface area contributed by atoms with Gasteiger partial charge in [0.1, 0.15) is 23.9 Å². The summed E-state index contributed by atoms with van der Waals surface area (Å²) in [5.74, 6) is -1.56. The summed E-state index contributed by atoms with van der Waals surface area (Å²) in [4.78, 5) is 35.4. The second-order valence-corrected chi connectivity index (χ2v) is 15.3. The van der Waals surface area contributed by atoms with Gasteiger partial charge in [0.05, 0.1) is 17.9 Å². The number of benzene rings is 4. The number of carbonyl (C=O) groups excluding carboxylic acids is 2. The molecular formula is C43H38F4N8O4S2. The SMILES string of the molecule is O=C(NCCCCc1ccc(OCc2ccc(F)c(C(F)(F)F)c2)c(CNCCO)c1)c1ccc(-c2csc(N3N=C(c4ccccc4)/C(=N\Nc4nccs4)C3=O)n2)cc1. The van der Waals surface area contributed by atoms with Crippen LogP contribution in [0.2, 0.25) is 0 Å². The Morgan fingerprint density at radius 1 is 0.918 bits per heavy atom. The molecule has 2 aromatic heterocycles. The van der Waals surface area contributed by atoms with Gasteiger partial charge in [-0.05, 0) is 60.7 Å². The van der Waals surface area contributed by atoms with Gasteiger partial charge in [-0.3, -0.25) is 15.0 Å². The van der Waals surface area contributed by atoms with Gasteiger partial charge in [0.25, 0.3) is 5.91 Å². The first kappa shape index (κ1) is 42.8. The molecule has 4 aromatic carbocycles. The third-order valence-electron chi connectivity index (χ3n) is 9.32. The number of nitrogens with zero attached hydrogens (tertiary/aromatic N) is 5. The number of hydrazone groups is 2. The number of rotatable bonds is 18. The van der Waals surface area contributed by atoms with Crippen molar-refractivity contribution in [1.29, 1.82) is 0 Å². The molecule has 2 amide bonds. The number of amides is 2. The number of aromatic nitrogens is 2. The van der Waals surface area contributed by atoms with Crippen molar-refractivity contribution in [2.24, 2.45) is 10.2 Å². The third kappa shape index (κ3) is 10.9. The monoisotopic (exact) mass is 870 g/mol. The van der Waals surface area contributed by atoms with Crippen LogP contribution in [0.25, 0.3) is 11.3 Å². The smallest absolute Gasteiger partial charge is 0.419 e. The predicted octanol–water partition coefficient (Wildman–Crippen LogP) is 8.06. The van der Waals surface area contributed by atoms with Gasteiger partial charge in [-0.1, -0.05) is 60.7 Å². The molecule has 3 heterocycles. The van der Waals surface area contributed by atoms with Gasteiger partial charge in [0.2, 0.25) is 10.3 Å². The highest BCUT2D eigenvalue weighted by Gasteiger charge is 2.36. The van der Waals surface area contributed by atoms with Gasteiger partial charge < -0.3 is 20.5 Å². The number of aliphatic hydroxyl groups is 1. The minimum Gasteiger partial charge on any atom is -0.489 e. The van der Waals surface area contributed by atoms with Crippen LogP contribution in [0.5, 0.6) is 5.75 Å². The Labute approximate surface area is 355 Å². The number of alkyl halides is 3. The summed E-state index contributed by atoms with van der Waals surface area (Å²) >= 11 is 2.60. The lowest BCUT2D eigenvalue weighted by Gasteiger charge is -2.15. The summed E-state index contributed by atoms with van der Waals surface area (Å²) in [6.07, 6.45) is -1.03. The number of anilines is 2. The van der Waals surface area contributed by atoms with Crippen LogP contribution in [0, 0.1) is 5.82 Å². The van der Waals surface area contributed by atoms with Crippen LogP contribution >= 0.6 is 22.7 Å². The maximum atomic E-state index is 13.8. The van der Waals surface area contributed by atoms with E-state index >= 15 is 0 Å². The van der Waals surface area contributed by atoms with Crippen molar-refractivity contribution in [2.45, 2.75) is 38.6 Å². The fourth-order valence-electron chi connectivity index (χ4n) is 6.25. The molecule has 0 saturated heterocycles. The number of halogens is 4. The first-order valence-electron chi connectivity index (χ1n) is 19.1. The first-order valence-corrected chi connectivity index (χ1v) is 20.8. The van der Waals surface area contributed by atoms with Crippen LogP contribution < -0.4 is 25.8 Å². The number of nitrogens with one attached hydrogen (secondary N) is 3. The van der Waals surface area contributed by atoms with Crippen molar-refractivity contribution in [1.82, 2.24) is 20.6 Å². The summed E-state index contributed by atoms with van der Waals surface area (Å²) in [7, 11) is 0. The van der Waals surface area contributed by atoms with E-state index in [2.05, 4.69) is 36.2 Å². The Balaban J connectivity index is 0.912. The second-order valence-electron chi connectivity index (χ2n) is 13.6. The summed E-state index contributed by atoms with van der Waals surface area (Å²) in [5, 5.41) is 30.0. The molecule has 18 heteroatoms. The van der Waals surface area contributed by atoms with E-state index in [1.54, 1.807) is 41.9 Å². The molecule has 0 fully saturated rings. The molecule has 0 aliphatic carbocycles. The van der Waals surface area contributed by atoms with Crippen LogP contribution in [-0.4, -0.2) is 58.0 Å². The number of aryl methyl sites for hydroxylation is 1. The van der Waals surface area contributed by atoms with E-state index in [0.29, 0.717) is 65.5 Å². The predicted molar refractivity (Wildman–Crippen MR) is 227 cm³/mol. The first-order chi connectivity index (χ1) is 29.6. The zero-order valence-corrected chi connectivity index (χ0v) is 33.9. The molecule has 1 aliphatic rings. The molecule has 0 atom stereocenters. The van der Waals surface area contributed by atoms with Crippen LogP contribution in [0.3, 0.4) is 0 Å². The molecule has 6 aromatic rings. The van der Waals surface area contributed by atoms with E-state index in [0.717, 1.165) is 40.8 Å². The van der Waals surface area contributed by atoms with Crippen molar-refractivity contribution in [3.63, 3.8) is 0 Å². The molecular weight excluding hydrogens is 833 g/mol. The molecule has 0 spiro atoms. The molecule has 0 radical (unpaired) electrons. The number of carbonyl (C=O) groups is 2. The molecule has 0 unspecified atom stereocenters. The topological polar surface area (TPSA) is 153 Å². The molecule has 0 saturated carbocycles. The normalized spacial score (nSPS) is 13.5. The van der Waals surface area contributed by atoms with Gasteiger partial charge >= 0.3 is 12.1 Å². The van der Waals surface area contributed by atoms with Crippen LogP contribution in [0.1, 0.15) is 51.0 Å². The fourth-order valence-corrected chi connectivity index (χ4v) is 7.50. The average Bonchev–Trinajstić information content (AvgIpc) is 4.04. The number of thiazole rings is 2. The Hall–Kier alpha value is -6.34. The number of hydrogen-bond acceptors (Lipinski definition) is 12. The zero-order valence-electron chi connectivity index (χ0n) is 32.3. The molecule has 7 rings (SSSR count). The van der Waals surface area contributed by atoms with E-state index in [1.165, 1.54) is 33.7 Å². The second kappa shape index (κ2) is 19.8. The van der Waals surface area contributed by atoms with Crippen LogP contribution in [-0.2, 0) is 30.5 Å². The quantitative estimate of drug-likeness (QED) is 0.0385. The lowest BCUT2D eigenvalue weighted by Crippen LogP contribution is -2.28. The molecule has 4 N–H and O–H groups in total. The van der Waals surface area contributed by atoms with Gasteiger partial charge in [-0.15, -0.1) is 22.7 Å². The zero-order chi connectivity index (χ0) is 42.8. The van der Waals surface area contributed by atoms with Gasteiger partial charge in [0, 0.05) is 58.8 Å². The Bertz CT molecular complexity index is 2510. The lowest BCUT2D eigenvalue weighted by atomic mass is 10.0. The molecule has 0 bridgehead atoms. The highest BCUT2D eigenvalue weighted by atomic mass is 32.1. The highest BCUT2D eigenvalue weighted by molar-refractivity contribution is 7.14. The Kier molecular flexibility index (Phi) is 13.9. The van der Waals surface area contributed by atoms with Crippen molar-refractivity contribution in [3.05, 3.63) is 147 Å². The van der Waals surface area contributed by atoms with Gasteiger partial charge in [-0.2, -0.15) is 28.4 Å². The summed E-state index contributed by atoms with van der Waals surface area (Å²) in [5.41, 5.74) is 6.51. The van der Waals surface area contributed by atoms with Crippen molar-refractivity contribution in [2.75, 3.05) is 30.1 Å². The van der Waals surface area contributed by atoms with Crippen LogP contribution in [0.15, 0.2) is 118 Å². The number of ether oxygens (including phenoxy) is 1. The fraction of sp³-hybridized carbons (Fsp3) is 0.209. The van der Waals surface area contributed by atoms with Gasteiger partial charge in [0.15, 0.2) is 5.71 Å². The molecule has 1 aliphatic heterocycles. The minimum atomic E-state index is -4.82. The van der Waals surface area contributed by atoms with E-state index in [4.69, 9.17) is 4.74 Å². The Morgan fingerprint density at radius 2 is 1.72 bits per heavy atom. The molecule has 12 nitrogen and oxygen atoms in total. The maximum Gasteiger partial charge on any atom is 0.419 e. The van der Waals surface area contributed by atoms with Crippen molar-refractivity contribution >= 4 is 56.2 Å². The standard InChI is InChI=1S/C43H38F4N8O4S2/c44-34-15-9-28(23-33(34)43(45,46)47)25-59-36-16-10-27(22-32(36)24-48-18-20-56)6-4-5-17-49-39(57)31-13-11-29(12-14-31)35-26-61-42(51-35)55-40(58)38(52-53-41-50-19-21-60-41)37(54-55)30-7-2-1-3-8-30/h1-3,7-16,19,21-23,26,48,56H,4-6,17-18,20,24-25H2,(H,49,57)(H,50,53)/b52-38+. The van der Waals surface area contributed by atoms with Crippen LogP contribution in [0.4, 0.5) is 27.8 Å². The van der Waals surface area contributed by atoms with Crippen molar-refractivity contribution in [3.8, 4) is 17.0 Å². The Morgan fingerprint density at radius 3 is 2.48 bits per heavy atom. The third-order valence-corrected chi connectivity index (χ3v) is 10.8. The van der Waals surface area contributed by atoms with Crippen molar-refractivity contribution < 1.29 is 37.0 Å². The molecule has 314 valence electrons. The summed E-state index contributed by atoms with van der Waals surface area (Å²) in [6.45, 7) is 0.863. The summed E-state index contributed by atoms with van der Waals surface area (Å²) in [6, 6.07) is 24.6. The van der Waals surface area contributed by atoms with E-state index in [1.807, 2.05) is 47.8 Å². The maximum absolute atomic E-state index is 13.8. The lowest BCUT2D eigenvalue weighted by molar-refractivity contribution is -0.140. The molecule has 61 heavy (non-hydrogen) atoms. The minimum absolute atomic E-state index is 0.0753. The number of hydrogen-bond donors (Lipinski definition) is 4. The highest BCUT2D eigenvalue weighted by Crippen LogP contribution is 2.33.